The lowest BCUT2D eigenvalue weighted by Gasteiger charge is -2.17. The van der Waals surface area contributed by atoms with E-state index in [-0.39, 0.29) is 12.2 Å². The van der Waals surface area contributed by atoms with Crippen molar-refractivity contribution in [3.05, 3.63) is 17.6 Å². The van der Waals surface area contributed by atoms with Crippen LogP contribution in [0.5, 0.6) is 0 Å². The van der Waals surface area contributed by atoms with Crippen molar-refractivity contribution in [2.24, 2.45) is 0 Å². The fourth-order valence-electron chi connectivity index (χ4n) is 1.31. The number of carboxylic acids is 1. The quantitative estimate of drug-likeness (QED) is 0.763. The number of carbonyl (C=O) groups excluding carboxylic acids is 1. The predicted molar refractivity (Wildman–Crippen MR) is 63.6 cm³/mol. The highest BCUT2D eigenvalue weighted by atomic mass is 16.5. The molecule has 1 aromatic heterocycles. The molecule has 0 spiro atoms. The van der Waals surface area contributed by atoms with Gasteiger partial charge in [0.05, 0.1) is 13.5 Å². The fraction of sp³-hybridized carbons (Fsp3) is 0.455. The topological polar surface area (TPSA) is 92.6 Å². The first-order valence-electron chi connectivity index (χ1n) is 5.31. The highest BCUT2D eigenvalue weighted by Crippen LogP contribution is 2.11. The Bertz CT molecular complexity index is 462. The van der Waals surface area contributed by atoms with E-state index in [1.807, 2.05) is 0 Å². The number of ether oxygens (including phenoxy) is 1. The Morgan fingerprint density at radius 3 is 2.67 bits per heavy atom. The molecular weight excluding hydrogens is 238 g/mol. The molecule has 1 N–H and O–H groups in total. The summed E-state index contributed by atoms with van der Waals surface area (Å²) in [6.07, 6.45) is -0.00684. The third-order valence-electron chi connectivity index (χ3n) is 2.26. The predicted octanol–water partition coefficient (Wildman–Crippen LogP) is 0.483. The van der Waals surface area contributed by atoms with Crippen molar-refractivity contribution in [3.8, 4) is 0 Å². The number of methoxy groups -OCH3 is 1. The zero-order valence-corrected chi connectivity index (χ0v) is 10.5. The number of anilines is 1. The maximum Gasteiger partial charge on any atom is 0.376 e. The molecule has 0 aromatic carbocycles. The van der Waals surface area contributed by atoms with Gasteiger partial charge in [0.2, 0.25) is 5.82 Å². The molecule has 0 aliphatic carbocycles. The molecule has 0 aliphatic rings. The van der Waals surface area contributed by atoms with Gasteiger partial charge in [-0.05, 0) is 6.92 Å². The van der Waals surface area contributed by atoms with Gasteiger partial charge in [0.25, 0.3) is 0 Å². The summed E-state index contributed by atoms with van der Waals surface area (Å²) < 4.78 is 4.55. The average Bonchev–Trinajstić information content (AvgIpc) is 2.34. The summed E-state index contributed by atoms with van der Waals surface area (Å²) in [5.74, 6) is -1.05. The molecule has 7 nitrogen and oxygen atoms in total. The summed E-state index contributed by atoms with van der Waals surface area (Å²) >= 11 is 0. The molecule has 0 bridgehead atoms. The lowest BCUT2D eigenvalue weighted by Crippen LogP contribution is -2.23. The number of aliphatic carboxylic acids is 1. The van der Waals surface area contributed by atoms with E-state index in [9.17, 15) is 9.59 Å². The minimum Gasteiger partial charge on any atom is -0.481 e. The molecule has 0 radical (unpaired) electrons. The molecule has 1 rings (SSSR count). The summed E-state index contributed by atoms with van der Waals surface area (Å²) in [4.78, 5) is 31.5. The molecule has 7 heteroatoms. The minimum atomic E-state index is -0.888. The van der Waals surface area contributed by atoms with Crippen LogP contribution in [0.3, 0.4) is 0 Å². The van der Waals surface area contributed by atoms with Crippen LogP contribution < -0.4 is 4.90 Å². The molecule has 1 heterocycles. The first-order valence-corrected chi connectivity index (χ1v) is 5.31. The van der Waals surface area contributed by atoms with E-state index in [1.54, 1.807) is 24.9 Å². The second kappa shape index (κ2) is 5.95. The summed E-state index contributed by atoms with van der Waals surface area (Å²) in [5, 5.41) is 8.61. The Kier molecular flexibility index (Phi) is 4.59. The molecule has 98 valence electrons. The molecule has 1 aromatic rings. The lowest BCUT2D eigenvalue weighted by molar-refractivity contribution is -0.136. The highest BCUT2D eigenvalue weighted by molar-refractivity contribution is 5.85. The van der Waals surface area contributed by atoms with Crippen molar-refractivity contribution in [1.29, 1.82) is 0 Å². The van der Waals surface area contributed by atoms with E-state index < -0.39 is 11.9 Å². The van der Waals surface area contributed by atoms with E-state index in [4.69, 9.17) is 5.11 Å². The zero-order valence-electron chi connectivity index (χ0n) is 10.5. The Morgan fingerprint density at radius 1 is 1.44 bits per heavy atom. The van der Waals surface area contributed by atoms with Crippen molar-refractivity contribution < 1.29 is 19.4 Å². The van der Waals surface area contributed by atoms with Crippen LogP contribution in [0.25, 0.3) is 0 Å². The smallest absolute Gasteiger partial charge is 0.376 e. The number of carboxylic acid groups (broad SMARTS) is 1. The summed E-state index contributed by atoms with van der Waals surface area (Å²) in [5.41, 5.74) is 0.613. The fourth-order valence-corrected chi connectivity index (χ4v) is 1.31. The molecule has 0 fully saturated rings. The van der Waals surface area contributed by atoms with Crippen LogP contribution in [0, 0.1) is 6.92 Å². The monoisotopic (exact) mass is 253 g/mol. The van der Waals surface area contributed by atoms with Crippen LogP contribution in [-0.2, 0) is 9.53 Å². The first kappa shape index (κ1) is 13.9. The maximum absolute atomic E-state index is 11.3. The van der Waals surface area contributed by atoms with Gasteiger partial charge in [-0.2, -0.15) is 0 Å². The number of carbonyl (C=O) groups is 2. The average molecular weight is 253 g/mol. The van der Waals surface area contributed by atoms with Gasteiger partial charge < -0.3 is 14.7 Å². The van der Waals surface area contributed by atoms with Crippen LogP contribution >= 0.6 is 0 Å². The number of aromatic nitrogens is 2. The number of nitrogens with zero attached hydrogens (tertiary/aromatic N) is 3. The standard InChI is InChI=1S/C11H15N3O4/c1-7-6-8(14(2)5-4-9(15)16)13-10(12-7)11(17)18-3/h6H,4-5H2,1-3H3,(H,15,16). The summed E-state index contributed by atoms with van der Waals surface area (Å²) in [7, 11) is 2.95. The number of esters is 1. The van der Waals surface area contributed by atoms with Gasteiger partial charge in [0, 0.05) is 25.4 Å². The van der Waals surface area contributed by atoms with Crippen molar-refractivity contribution in [1.82, 2.24) is 9.97 Å². The summed E-state index contributed by atoms with van der Waals surface area (Å²) in [6, 6.07) is 1.67. The van der Waals surface area contributed by atoms with E-state index in [0.717, 1.165) is 0 Å². The van der Waals surface area contributed by atoms with Gasteiger partial charge in [0.1, 0.15) is 5.82 Å². The second-order valence-corrected chi connectivity index (χ2v) is 3.75. The van der Waals surface area contributed by atoms with E-state index in [1.165, 1.54) is 7.11 Å². The lowest BCUT2D eigenvalue weighted by atomic mass is 10.3. The number of hydrogen-bond donors (Lipinski definition) is 1. The second-order valence-electron chi connectivity index (χ2n) is 3.75. The van der Waals surface area contributed by atoms with Gasteiger partial charge in [0.15, 0.2) is 0 Å². The van der Waals surface area contributed by atoms with Gasteiger partial charge in [-0.25, -0.2) is 14.8 Å². The van der Waals surface area contributed by atoms with Crippen LogP contribution in [0.1, 0.15) is 22.7 Å². The minimum absolute atomic E-state index is 0.00684. The van der Waals surface area contributed by atoms with Crippen molar-refractivity contribution in [2.75, 3.05) is 25.6 Å². The van der Waals surface area contributed by atoms with E-state index in [0.29, 0.717) is 18.1 Å². The largest absolute Gasteiger partial charge is 0.481 e. The van der Waals surface area contributed by atoms with E-state index in [2.05, 4.69) is 14.7 Å². The Balaban J connectivity index is 2.91. The Morgan fingerprint density at radius 2 is 2.11 bits per heavy atom. The maximum atomic E-state index is 11.3. The zero-order chi connectivity index (χ0) is 13.7. The molecular formula is C11H15N3O4. The number of hydrogen-bond acceptors (Lipinski definition) is 6. The third kappa shape index (κ3) is 3.69. The van der Waals surface area contributed by atoms with E-state index >= 15 is 0 Å². The first-order chi connectivity index (χ1) is 8.43. The van der Waals surface area contributed by atoms with Crippen LogP contribution in [0.2, 0.25) is 0 Å². The van der Waals surface area contributed by atoms with Crippen molar-refractivity contribution in [3.63, 3.8) is 0 Å². The molecule has 0 saturated carbocycles. The molecule has 0 amide bonds. The van der Waals surface area contributed by atoms with Gasteiger partial charge in [-0.1, -0.05) is 0 Å². The van der Waals surface area contributed by atoms with Crippen LogP contribution in [0.15, 0.2) is 6.07 Å². The van der Waals surface area contributed by atoms with Crippen molar-refractivity contribution in [2.45, 2.75) is 13.3 Å². The van der Waals surface area contributed by atoms with Gasteiger partial charge in [-0.3, -0.25) is 4.79 Å². The third-order valence-corrected chi connectivity index (χ3v) is 2.26. The Hall–Kier alpha value is -2.18. The molecule has 18 heavy (non-hydrogen) atoms. The molecule has 0 aliphatic heterocycles. The van der Waals surface area contributed by atoms with Gasteiger partial charge in [-0.15, -0.1) is 0 Å². The Labute approximate surface area is 104 Å². The molecule has 0 saturated heterocycles. The summed E-state index contributed by atoms with van der Waals surface area (Å²) in [6.45, 7) is 2.02. The van der Waals surface area contributed by atoms with Crippen LogP contribution in [0.4, 0.5) is 5.82 Å². The highest BCUT2D eigenvalue weighted by Gasteiger charge is 2.13. The number of rotatable bonds is 5. The molecule has 0 unspecified atom stereocenters. The molecule has 0 atom stereocenters. The number of aryl methyl sites for hydroxylation is 1. The van der Waals surface area contributed by atoms with Gasteiger partial charge >= 0.3 is 11.9 Å². The normalized spacial score (nSPS) is 9.94. The van der Waals surface area contributed by atoms with Crippen LogP contribution in [-0.4, -0.2) is 47.7 Å². The van der Waals surface area contributed by atoms with Crippen molar-refractivity contribution >= 4 is 17.8 Å². The SMILES string of the molecule is COC(=O)c1nc(C)cc(N(C)CCC(=O)O)n1.